The lowest BCUT2D eigenvalue weighted by molar-refractivity contribution is 0.172. The molecule has 1 unspecified atom stereocenters. The maximum Gasteiger partial charge on any atom is 0.155 e. The molecule has 0 bridgehead atoms. The van der Waals surface area contributed by atoms with E-state index in [4.69, 9.17) is 0 Å². The molecule has 0 aliphatic rings. The Hall–Kier alpha value is -1.46. The van der Waals surface area contributed by atoms with Crippen LogP contribution < -0.4 is 5.32 Å². The van der Waals surface area contributed by atoms with Crippen LogP contribution in [0, 0.1) is 0 Å². The molecule has 74 valence electrons. The summed E-state index contributed by atoms with van der Waals surface area (Å²) in [7, 11) is 1.79. The molecule has 0 spiro atoms. The van der Waals surface area contributed by atoms with Gasteiger partial charge >= 0.3 is 0 Å². The Morgan fingerprint density at radius 3 is 3.21 bits per heavy atom. The minimum absolute atomic E-state index is 0.490. The van der Waals surface area contributed by atoms with Crippen LogP contribution in [0.2, 0.25) is 0 Å². The molecule has 0 aliphatic heterocycles. The van der Waals surface area contributed by atoms with Crippen molar-refractivity contribution in [3.05, 3.63) is 30.2 Å². The number of likely N-dealkylation sites (N-methyl/N-ethyl adjacent to an activating group) is 1. The van der Waals surface area contributed by atoms with E-state index < -0.39 is 6.10 Å². The number of fused-ring (bicyclic) bond motifs is 1. The van der Waals surface area contributed by atoms with Crippen molar-refractivity contribution in [2.45, 2.75) is 6.10 Å². The minimum Gasteiger partial charge on any atom is -0.385 e. The molecule has 5 nitrogen and oxygen atoms in total. The Balaban J connectivity index is 2.35. The molecule has 2 rings (SSSR count). The molecule has 14 heavy (non-hydrogen) atoms. The van der Waals surface area contributed by atoms with E-state index in [2.05, 4.69) is 15.4 Å². The average molecular weight is 192 g/mol. The summed E-state index contributed by atoms with van der Waals surface area (Å²) in [6.07, 6.45) is 2.92. The van der Waals surface area contributed by atoms with Crippen molar-refractivity contribution in [3.63, 3.8) is 0 Å². The van der Waals surface area contributed by atoms with Gasteiger partial charge in [-0.3, -0.25) is 0 Å². The lowest BCUT2D eigenvalue weighted by Gasteiger charge is -2.04. The fraction of sp³-hybridized carbons (Fsp3) is 0.333. The van der Waals surface area contributed by atoms with Gasteiger partial charge in [0.2, 0.25) is 0 Å². The molecule has 0 aliphatic carbocycles. The zero-order valence-corrected chi connectivity index (χ0v) is 7.88. The average Bonchev–Trinajstić information content (AvgIpc) is 2.61. The second-order valence-corrected chi connectivity index (χ2v) is 3.07. The van der Waals surface area contributed by atoms with Gasteiger partial charge in [0.1, 0.15) is 6.10 Å². The minimum atomic E-state index is -0.582. The van der Waals surface area contributed by atoms with Crippen LogP contribution >= 0.6 is 0 Å². The highest BCUT2D eigenvalue weighted by Crippen LogP contribution is 2.11. The van der Waals surface area contributed by atoms with Crippen LogP contribution in [0.4, 0.5) is 0 Å². The Morgan fingerprint density at radius 2 is 2.50 bits per heavy atom. The van der Waals surface area contributed by atoms with E-state index in [0.29, 0.717) is 12.2 Å². The van der Waals surface area contributed by atoms with Crippen molar-refractivity contribution in [2.24, 2.45) is 0 Å². The lowest BCUT2D eigenvalue weighted by atomic mass is 10.2. The van der Waals surface area contributed by atoms with E-state index in [1.165, 1.54) is 0 Å². The van der Waals surface area contributed by atoms with E-state index in [1.807, 2.05) is 0 Å². The van der Waals surface area contributed by atoms with E-state index in [1.54, 1.807) is 36.1 Å². The first kappa shape index (κ1) is 9.11. The van der Waals surface area contributed by atoms with Gasteiger partial charge in [0.25, 0.3) is 0 Å². The summed E-state index contributed by atoms with van der Waals surface area (Å²) in [5.41, 5.74) is 1.38. The molecule has 2 aromatic heterocycles. The molecule has 0 radical (unpaired) electrons. The second kappa shape index (κ2) is 3.73. The quantitative estimate of drug-likeness (QED) is 0.717. The van der Waals surface area contributed by atoms with Gasteiger partial charge in [-0.05, 0) is 13.1 Å². The topological polar surface area (TPSA) is 62.5 Å². The standard InChI is InChI=1S/C9H12N4O/c1-10-6-8(14)7-5-9-11-3-2-4-13(9)12-7/h2-5,8,10,14H,6H2,1H3. The molecule has 2 heterocycles. The van der Waals surface area contributed by atoms with Crippen LogP contribution in [0.25, 0.3) is 5.65 Å². The van der Waals surface area contributed by atoms with Gasteiger partial charge in [-0.2, -0.15) is 5.10 Å². The Kier molecular flexibility index (Phi) is 2.43. The Morgan fingerprint density at radius 1 is 1.64 bits per heavy atom. The van der Waals surface area contributed by atoms with Crippen molar-refractivity contribution in [1.29, 1.82) is 0 Å². The van der Waals surface area contributed by atoms with Gasteiger partial charge in [0.05, 0.1) is 5.69 Å². The van der Waals surface area contributed by atoms with Crippen LogP contribution in [0.15, 0.2) is 24.5 Å². The summed E-state index contributed by atoms with van der Waals surface area (Å²) in [5, 5.41) is 16.7. The first-order valence-electron chi connectivity index (χ1n) is 4.44. The summed E-state index contributed by atoms with van der Waals surface area (Å²) >= 11 is 0. The molecule has 0 aromatic carbocycles. The van der Waals surface area contributed by atoms with Crippen molar-refractivity contribution in [3.8, 4) is 0 Å². The molecular weight excluding hydrogens is 180 g/mol. The molecule has 1 atom stereocenters. The summed E-state index contributed by atoms with van der Waals surface area (Å²) in [5.74, 6) is 0. The normalized spacial score (nSPS) is 13.3. The fourth-order valence-corrected chi connectivity index (χ4v) is 1.31. The zero-order valence-electron chi connectivity index (χ0n) is 7.88. The molecule has 0 saturated carbocycles. The highest BCUT2D eigenvalue weighted by atomic mass is 16.3. The summed E-state index contributed by atoms with van der Waals surface area (Å²) in [6.45, 7) is 0.490. The van der Waals surface area contributed by atoms with E-state index in [0.717, 1.165) is 5.65 Å². The van der Waals surface area contributed by atoms with Crippen LogP contribution in [0.3, 0.4) is 0 Å². The first-order valence-corrected chi connectivity index (χ1v) is 4.44. The van der Waals surface area contributed by atoms with Gasteiger partial charge in [0, 0.05) is 25.0 Å². The van der Waals surface area contributed by atoms with Gasteiger partial charge < -0.3 is 10.4 Å². The maximum absolute atomic E-state index is 9.66. The van der Waals surface area contributed by atoms with E-state index in [-0.39, 0.29) is 0 Å². The highest BCUT2D eigenvalue weighted by Gasteiger charge is 2.10. The van der Waals surface area contributed by atoms with Gasteiger partial charge in [0.15, 0.2) is 5.65 Å². The molecular formula is C9H12N4O. The van der Waals surface area contributed by atoms with Crippen LogP contribution in [0.1, 0.15) is 11.8 Å². The number of hydrogen-bond donors (Lipinski definition) is 2. The molecule has 2 aromatic rings. The Bertz CT molecular complexity index is 392. The molecule has 0 fully saturated rings. The number of aromatic nitrogens is 3. The summed E-state index contributed by atoms with van der Waals surface area (Å²) in [6, 6.07) is 3.58. The predicted octanol–water partition coefficient (Wildman–Crippen LogP) is -0.0179. The van der Waals surface area contributed by atoms with Gasteiger partial charge in [-0.25, -0.2) is 9.50 Å². The number of rotatable bonds is 3. The number of aliphatic hydroxyl groups is 1. The third kappa shape index (κ3) is 1.59. The molecule has 5 heteroatoms. The molecule has 0 saturated heterocycles. The number of hydrogen-bond acceptors (Lipinski definition) is 4. The SMILES string of the molecule is CNCC(O)c1cc2ncccn2n1. The fourth-order valence-electron chi connectivity index (χ4n) is 1.31. The predicted molar refractivity (Wildman–Crippen MR) is 51.9 cm³/mol. The van der Waals surface area contributed by atoms with Crippen LogP contribution in [-0.4, -0.2) is 33.3 Å². The monoisotopic (exact) mass is 192 g/mol. The largest absolute Gasteiger partial charge is 0.385 e. The van der Waals surface area contributed by atoms with Crippen LogP contribution in [-0.2, 0) is 0 Å². The van der Waals surface area contributed by atoms with E-state index in [9.17, 15) is 5.11 Å². The Labute approximate surface area is 81.4 Å². The second-order valence-electron chi connectivity index (χ2n) is 3.07. The summed E-state index contributed by atoms with van der Waals surface area (Å²) < 4.78 is 1.65. The van der Waals surface area contributed by atoms with Crippen molar-refractivity contribution >= 4 is 5.65 Å². The van der Waals surface area contributed by atoms with Crippen molar-refractivity contribution < 1.29 is 5.11 Å². The molecule has 2 N–H and O–H groups in total. The number of nitrogens with zero attached hydrogens (tertiary/aromatic N) is 3. The smallest absolute Gasteiger partial charge is 0.155 e. The molecule has 0 amide bonds. The first-order chi connectivity index (χ1) is 6.81. The maximum atomic E-state index is 9.66. The van der Waals surface area contributed by atoms with E-state index >= 15 is 0 Å². The third-order valence-corrected chi connectivity index (χ3v) is 1.99. The number of aliphatic hydroxyl groups excluding tert-OH is 1. The lowest BCUT2D eigenvalue weighted by Crippen LogP contribution is -2.17. The van der Waals surface area contributed by atoms with Crippen molar-refractivity contribution in [2.75, 3.05) is 13.6 Å². The third-order valence-electron chi connectivity index (χ3n) is 1.99. The van der Waals surface area contributed by atoms with Crippen LogP contribution in [0.5, 0.6) is 0 Å². The van der Waals surface area contributed by atoms with Crippen molar-refractivity contribution in [1.82, 2.24) is 19.9 Å². The highest BCUT2D eigenvalue weighted by molar-refractivity contribution is 5.38. The summed E-state index contributed by atoms with van der Waals surface area (Å²) in [4.78, 5) is 4.11. The van der Waals surface area contributed by atoms with Gasteiger partial charge in [-0.1, -0.05) is 0 Å². The number of nitrogens with one attached hydrogen (secondary N) is 1. The zero-order chi connectivity index (χ0) is 9.97. The van der Waals surface area contributed by atoms with Gasteiger partial charge in [-0.15, -0.1) is 0 Å².